The van der Waals surface area contributed by atoms with E-state index in [1.165, 1.54) is 0 Å². The number of nitrogens with one attached hydrogen (secondary N) is 1. The third-order valence-electron chi connectivity index (χ3n) is 2.79. The molecule has 0 fully saturated rings. The highest BCUT2D eigenvalue weighted by molar-refractivity contribution is 5.64. The molecule has 0 saturated carbocycles. The Morgan fingerprint density at radius 2 is 2.28 bits per heavy atom. The van der Waals surface area contributed by atoms with Gasteiger partial charge in [-0.25, -0.2) is 4.68 Å². The van der Waals surface area contributed by atoms with Gasteiger partial charge >= 0.3 is 0 Å². The molecule has 0 aromatic carbocycles. The number of nitrogen functional groups attached to an aromatic ring is 1. The van der Waals surface area contributed by atoms with Crippen molar-refractivity contribution in [1.82, 2.24) is 14.8 Å². The third-order valence-corrected chi connectivity index (χ3v) is 2.79. The van der Waals surface area contributed by atoms with Gasteiger partial charge in [0.25, 0.3) is 0 Å². The van der Waals surface area contributed by atoms with Crippen LogP contribution in [0.3, 0.4) is 0 Å². The number of rotatable bonds is 5. The fourth-order valence-corrected chi connectivity index (χ4v) is 1.84. The van der Waals surface area contributed by atoms with Gasteiger partial charge in [-0.1, -0.05) is 13.0 Å². The van der Waals surface area contributed by atoms with Crippen LogP contribution in [0.1, 0.15) is 24.6 Å². The summed E-state index contributed by atoms with van der Waals surface area (Å²) in [7, 11) is 0. The Labute approximate surface area is 107 Å². The summed E-state index contributed by atoms with van der Waals surface area (Å²) in [5.74, 6) is 0.901. The third kappa shape index (κ3) is 2.61. The molecular formula is C13H19N5. The highest BCUT2D eigenvalue weighted by atomic mass is 15.3. The Hall–Kier alpha value is -2.04. The number of hydrogen-bond donors (Lipinski definition) is 2. The Balaban J connectivity index is 2.13. The standard InChI is InChI=1S/C13H19N5/c1-3-7-18-13(12(14)10(2)17-18)16-9-11-5-4-6-15-8-11/h4-6,8,16H,3,7,9,14H2,1-2H3. The predicted octanol–water partition coefficient (Wildman–Crippen LogP) is 2.19. The van der Waals surface area contributed by atoms with E-state index in [1.807, 2.05) is 29.9 Å². The summed E-state index contributed by atoms with van der Waals surface area (Å²) in [6.45, 7) is 5.62. The summed E-state index contributed by atoms with van der Waals surface area (Å²) >= 11 is 0. The molecule has 0 aliphatic heterocycles. The van der Waals surface area contributed by atoms with Gasteiger partial charge in [0.2, 0.25) is 0 Å². The second-order valence-electron chi connectivity index (χ2n) is 4.29. The second-order valence-corrected chi connectivity index (χ2v) is 4.29. The van der Waals surface area contributed by atoms with Crippen LogP contribution in [0.4, 0.5) is 11.5 Å². The second kappa shape index (κ2) is 5.53. The number of aromatic nitrogens is 3. The average Bonchev–Trinajstić information content (AvgIpc) is 2.65. The number of nitrogens with zero attached hydrogens (tertiary/aromatic N) is 3. The normalized spacial score (nSPS) is 10.6. The summed E-state index contributed by atoms with van der Waals surface area (Å²) in [5.41, 5.74) is 8.76. The lowest BCUT2D eigenvalue weighted by Gasteiger charge is -2.09. The Bertz CT molecular complexity index is 504. The highest BCUT2D eigenvalue weighted by Gasteiger charge is 2.11. The molecule has 0 unspecified atom stereocenters. The zero-order valence-electron chi connectivity index (χ0n) is 10.8. The summed E-state index contributed by atoms with van der Waals surface area (Å²) in [6.07, 6.45) is 4.64. The molecule has 0 spiro atoms. The first-order valence-corrected chi connectivity index (χ1v) is 6.18. The lowest BCUT2D eigenvalue weighted by molar-refractivity contribution is 0.603. The smallest absolute Gasteiger partial charge is 0.148 e. The first-order chi connectivity index (χ1) is 8.72. The maximum atomic E-state index is 6.04. The summed E-state index contributed by atoms with van der Waals surface area (Å²) in [6, 6.07) is 3.96. The maximum absolute atomic E-state index is 6.04. The van der Waals surface area contributed by atoms with Crippen LogP contribution in [0.5, 0.6) is 0 Å². The van der Waals surface area contributed by atoms with Gasteiger partial charge < -0.3 is 11.1 Å². The Kier molecular flexibility index (Phi) is 3.82. The molecule has 0 aliphatic carbocycles. The molecule has 5 heteroatoms. The van der Waals surface area contributed by atoms with Gasteiger partial charge in [0.1, 0.15) is 5.82 Å². The van der Waals surface area contributed by atoms with Gasteiger partial charge in [-0.2, -0.15) is 5.10 Å². The maximum Gasteiger partial charge on any atom is 0.148 e. The van der Waals surface area contributed by atoms with Gasteiger partial charge in [0.05, 0.1) is 11.4 Å². The van der Waals surface area contributed by atoms with Crippen molar-refractivity contribution in [2.24, 2.45) is 0 Å². The van der Waals surface area contributed by atoms with Gasteiger partial charge in [-0.3, -0.25) is 4.98 Å². The monoisotopic (exact) mass is 245 g/mol. The molecular weight excluding hydrogens is 226 g/mol. The zero-order valence-corrected chi connectivity index (χ0v) is 10.8. The summed E-state index contributed by atoms with van der Waals surface area (Å²) in [4.78, 5) is 4.09. The first-order valence-electron chi connectivity index (χ1n) is 6.18. The predicted molar refractivity (Wildman–Crippen MR) is 73.2 cm³/mol. The van der Waals surface area contributed by atoms with Gasteiger partial charge in [0.15, 0.2) is 0 Å². The van der Waals surface area contributed by atoms with Gasteiger partial charge in [0, 0.05) is 25.5 Å². The van der Waals surface area contributed by atoms with E-state index in [4.69, 9.17) is 5.73 Å². The topological polar surface area (TPSA) is 68.8 Å². The molecule has 5 nitrogen and oxygen atoms in total. The van der Waals surface area contributed by atoms with Crippen molar-refractivity contribution < 1.29 is 0 Å². The van der Waals surface area contributed by atoms with Crippen LogP contribution < -0.4 is 11.1 Å². The minimum Gasteiger partial charge on any atom is -0.394 e. The van der Waals surface area contributed by atoms with Crippen molar-refractivity contribution in [3.8, 4) is 0 Å². The van der Waals surface area contributed by atoms with E-state index in [0.29, 0.717) is 6.54 Å². The number of hydrogen-bond acceptors (Lipinski definition) is 4. The molecule has 0 saturated heterocycles. The fraction of sp³-hybridized carbons (Fsp3) is 0.385. The summed E-state index contributed by atoms with van der Waals surface area (Å²) < 4.78 is 1.93. The largest absolute Gasteiger partial charge is 0.394 e. The fourth-order valence-electron chi connectivity index (χ4n) is 1.84. The molecule has 0 atom stereocenters. The van der Waals surface area contributed by atoms with Crippen molar-refractivity contribution in [1.29, 1.82) is 0 Å². The van der Waals surface area contributed by atoms with Crippen molar-refractivity contribution in [2.75, 3.05) is 11.1 Å². The van der Waals surface area contributed by atoms with Crippen LogP contribution in [0.25, 0.3) is 0 Å². The average molecular weight is 245 g/mol. The summed E-state index contributed by atoms with van der Waals surface area (Å²) in [5, 5.41) is 7.76. The van der Waals surface area contributed by atoms with E-state index < -0.39 is 0 Å². The van der Waals surface area contributed by atoms with E-state index in [1.54, 1.807) is 6.20 Å². The first kappa shape index (κ1) is 12.4. The van der Waals surface area contributed by atoms with E-state index in [9.17, 15) is 0 Å². The van der Waals surface area contributed by atoms with E-state index in [2.05, 4.69) is 22.3 Å². The molecule has 0 aliphatic rings. The number of aryl methyl sites for hydroxylation is 2. The number of anilines is 2. The van der Waals surface area contributed by atoms with Crippen LogP contribution in [0.2, 0.25) is 0 Å². The van der Waals surface area contributed by atoms with Crippen LogP contribution >= 0.6 is 0 Å². The Morgan fingerprint density at radius 1 is 1.44 bits per heavy atom. The highest BCUT2D eigenvalue weighted by Crippen LogP contribution is 2.22. The lowest BCUT2D eigenvalue weighted by atomic mass is 10.3. The van der Waals surface area contributed by atoms with Crippen LogP contribution in [0.15, 0.2) is 24.5 Å². The number of pyridine rings is 1. The minimum absolute atomic E-state index is 0.701. The molecule has 96 valence electrons. The molecule has 2 rings (SSSR count). The van der Waals surface area contributed by atoms with Crippen molar-refractivity contribution in [3.05, 3.63) is 35.8 Å². The van der Waals surface area contributed by atoms with Crippen molar-refractivity contribution in [3.63, 3.8) is 0 Å². The molecule has 0 amide bonds. The van der Waals surface area contributed by atoms with Gasteiger partial charge in [-0.05, 0) is 25.0 Å². The molecule has 0 radical (unpaired) electrons. The zero-order chi connectivity index (χ0) is 13.0. The van der Waals surface area contributed by atoms with Crippen molar-refractivity contribution >= 4 is 11.5 Å². The van der Waals surface area contributed by atoms with Crippen molar-refractivity contribution in [2.45, 2.75) is 33.4 Å². The van der Waals surface area contributed by atoms with Crippen LogP contribution in [-0.4, -0.2) is 14.8 Å². The lowest BCUT2D eigenvalue weighted by Crippen LogP contribution is -2.09. The molecule has 2 heterocycles. The molecule has 2 aromatic heterocycles. The molecule has 18 heavy (non-hydrogen) atoms. The minimum atomic E-state index is 0.701. The van der Waals surface area contributed by atoms with Gasteiger partial charge in [-0.15, -0.1) is 0 Å². The van der Waals surface area contributed by atoms with E-state index >= 15 is 0 Å². The van der Waals surface area contributed by atoms with Crippen LogP contribution in [-0.2, 0) is 13.1 Å². The molecule has 2 aromatic rings. The molecule has 0 bridgehead atoms. The Morgan fingerprint density at radius 3 is 2.94 bits per heavy atom. The molecule has 3 N–H and O–H groups in total. The van der Waals surface area contributed by atoms with Crippen LogP contribution in [0, 0.1) is 6.92 Å². The SMILES string of the molecule is CCCn1nc(C)c(N)c1NCc1cccnc1. The quantitative estimate of drug-likeness (QED) is 0.847. The van der Waals surface area contributed by atoms with E-state index in [0.717, 1.165) is 35.7 Å². The number of nitrogens with two attached hydrogens (primary N) is 1. The van der Waals surface area contributed by atoms with E-state index in [-0.39, 0.29) is 0 Å².